The lowest BCUT2D eigenvalue weighted by Gasteiger charge is -2.05. The van der Waals surface area contributed by atoms with E-state index in [1.807, 2.05) is 6.92 Å². The number of carbonyl (C=O) groups excluding carboxylic acids is 2. The molecule has 0 aliphatic heterocycles. The summed E-state index contributed by atoms with van der Waals surface area (Å²) in [7, 11) is 1.79. The van der Waals surface area contributed by atoms with Gasteiger partial charge in [-0.3, -0.25) is 14.3 Å². The molecule has 2 aromatic rings. The van der Waals surface area contributed by atoms with Crippen LogP contribution >= 0.6 is 11.5 Å². The van der Waals surface area contributed by atoms with Crippen LogP contribution < -0.4 is 10.6 Å². The Hall–Kier alpha value is -2.29. The Kier molecular flexibility index (Phi) is 5.21. The molecule has 0 aromatic carbocycles. The molecular weight excluding hydrogens is 304 g/mol. The number of hydrogen-bond donors (Lipinski definition) is 2. The van der Waals surface area contributed by atoms with Gasteiger partial charge in [0.15, 0.2) is 5.69 Å². The van der Waals surface area contributed by atoms with Gasteiger partial charge in [0.2, 0.25) is 0 Å². The quantitative estimate of drug-likeness (QED) is 0.751. The molecule has 2 rings (SSSR count). The second-order valence-corrected chi connectivity index (χ2v) is 5.80. The third-order valence-corrected chi connectivity index (χ3v) is 3.77. The number of carbonyl (C=O) groups is 2. The molecule has 22 heavy (non-hydrogen) atoms. The van der Waals surface area contributed by atoms with Crippen molar-refractivity contribution in [3.05, 3.63) is 28.0 Å². The molecule has 0 atom stereocenters. The summed E-state index contributed by atoms with van der Waals surface area (Å²) in [6, 6.07) is 1.73. The summed E-state index contributed by atoms with van der Waals surface area (Å²) in [6.07, 6.45) is 0.625. The van der Waals surface area contributed by atoms with Crippen LogP contribution in [0.4, 0.5) is 0 Å². The Balaban J connectivity index is 1.68. The standard InChI is InChI=1S/C13H18N6O2S/c1-8-7-10(17-19(8)3)12(20)14-5-4-6-15-13(21)11-9(2)22-18-16-11/h7H,4-6H2,1-3H3,(H,14,20)(H,15,21). The van der Waals surface area contributed by atoms with E-state index in [4.69, 9.17) is 0 Å². The molecule has 0 fully saturated rings. The van der Waals surface area contributed by atoms with Crippen LogP contribution in [0.3, 0.4) is 0 Å². The molecule has 9 heteroatoms. The Labute approximate surface area is 132 Å². The predicted octanol–water partition coefficient (Wildman–Crippen LogP) is 0.438. The molecule has 0 radical (unpaired) electrons. The van der Waals surface area contributed by atoms with Gasteiger partial charge < -0.3 is 10.6 Å². The summed E-state index contributed by atoms with van der Waals surface area (Å²) in [4.78, 5) is 24.4. The number of rotatable bonds is 6. The molecule has 0 aliphatic rings. The number of aromatic nitrogens is 4. The van der Waals surface area contributed by atoms with Crippen LogP contribution in [0.1, 0.15) is 38.0 Å². The average Bonchev–Trinajstić information content (AvgIpc) is 3.05. The maximum atomic E-state index is 11.8. The van der Waals surface area contributed by atoms with Crippen molar-refractivity contribution in [2.24, 2.45) is 7.05 Å². The minimum absolute atomic E-state index is 0.213. The van der Waals surface area contributed by atoms with Crippen molar-refractivity contribution in [2.45, 2.75) is 20.3 Å². The largest absolute Gasteiger partial charge is 0.351 e. The normalized spacial score (nSPS) is 10.5. The van der Waals surface area contributed by atoms with E-state index in [-0.39, 0.29) is 11.8 Å². The van der Waals surface area contributed by atoms with Gasteiger partial charge >= 0.3 is 0 Å². The maximum absolute atomic E-state index is 11.8. The van der Waals surface area contributed by atoms with E-state index < -0.39 is 0 Å². The molecule has 2 N–H and O–H groups in total. The maximum Gasteiger partial charge on any atom is 0.273 e. The molecule has 2 amide bonds. The number of aryl methyl sites for hydroxylation is 3. The molecule has 0 aliphatic carbocycles. The lowest BCUT2D eigenvalue weighted by atomic mass is 10.3. The van der Waals surface area contributed by atoms with Gasteiger partial charge in [-0.1, -0.05) is 4.49 Å². The van der Waals surface area contributed by atoms with E-state index >= 15 is 0 Å². The highest BCUT2D eigenvalue weighted by Gasteiger charge is 2.13. The number of nitrogens with zero attached hydrogens (tertiary/aromatic N) is 4. The number of amides is 2. The summed E-state index contributed by atoms with van der Waals surface area (Å²) < 4.78 is 5.37. The van der Waals surface area contributed by atoms with Crippen molar-refractivity contribution in [1.82, 2.24) is 30.0 Å². The van der Waals surface area contributed by atoms with Crippen molar-refractivity contribution < 1.29 is 9.59 Å². The SMILES string of the molecule is Cc1snnc1C(=O)NCCCNC(=O)c1cc(C)n(C)n1. The van der Waals surface area contributed by atoms with Crippen LogP contribution in [0.25, 0.3) is 0 Å². The van der Waals surface area contributed by atoms with Gasteiger partial charge in [-0.2, -0.15) is 5.10 Å². The van der Waals surface area contributed by atoms with Crippen LogP contribution in [0.2, 0.25) is 0 Å². The fourth-order valence-corrected chi connectivity index (χ4v) is 2.24. The van der Waals surface area contributed by atoms with Gasteiger partial charge in [0.25, 0.3) is 11.8 Å². The summed E-state index contributed by atoms with van der Waals surface area (Å²) >= 11 is 1.19. The van der Waals surface area contributed by atoms with Crippen LogP contribution in [0.5, 0.6) is 0 Å². The second kappa shape index (κ2) is 7.12. The van der Waals surface area contributed by atoms with Crippen LogP contribution in [-0.4, -0.2) is 44.3 Å². The first-order valence-corrected chi connectivity index (χ1v) is 7.62. The van der Waals surface area contributed by atoms with Crippen molar-refractivity contribution in [1.29, 1.82) is 0 Å². The van der Waals surface area contributed by atoms with E-state index in [9.17, 15) is 9.59 Å². The van der Waals surface area contributed by atoms with Crippen molar-refractivity contribution >= 4 is 23.3 Å². The molecule has 118 valence electrons. The lowest BCUT2D eigenvalue weighted by Crippen LogP contribution is -2.30. The van der Waals surface area contributed by atoms with Crippen LogP contribution in [0.15, 0.2) is 6.07 Å². The van der Waals surface area contributed by atoms with E-state index in [0.717, 1.165) is 10.6 Å². The van der Waals surface area contributed by atoms with Crippen LogP contribution in [-0.2, 0) is 7.05 Å². The zero-order valence-electron chi connectivity index (χ0n) is 12.7. The van der Waals surface area contributed by atoms with Gasteiger partial charge in [-0.15, -0.1) is 5.10 Å². The predicted molar refractivity (Wildman–Crippen MR) is 81.9 cm³/mol. The average molecular weight is 322 g/mol. The summed E-state index contributed by atoms with van der Waals surface area (Å²) in [5, 5.41) is 13.4. The molecule has 0 bridgehead atoms. The van der Waals surface area contributed by atoms with Crippen molar-refractivity contribution in [3.63, 3.8) is 0 Å². The fourth-order valence-electron chi connectivity index (χ4n) is 1.78. The van der Waals surface area contributed by atoms with Crippen molar-refractivity contribution in [3.8, 4) is 0 Å². The Bertz CT molecular complexity index is 658. The van der Waals surface area contributed by atoms with E-state index in [2.05, 4.69) is 25.3 Å². The van der Waals surface area contributed by atoms with Gasteiger partial charge in [0.05, 0.1) is 4.88 Å². The summed E-state index contributed by atoms with van der Waals surface area (Å²) in [5.74, 6) is -0.451. The molecular formula is C13H18N6O2S. The molecule has 0 saturated heterocycles. The van der Waals surface area contributed by atoms with E-state index in [1.54, 1.807) is 24.7 Å². The highest BCUT2D eigenvalue weighted by Crippen LogP contribution is 2.07. The van der Waals surface area contributed by atoms with Gasteiger partial charge in [-0.05, 0) is 37.9 Å². The zero-order chi connectivity index (χ0) is 16.1. The Morgan fingerprint density at radius 2 is 1.91 bits per heavy atom. The highest BCUT2D eigenvalue weighted by molar-refractivity contribution is 7.05. The van der Waals surface area contributed by atoms with Gasteiger partial charge in [0, 0.05) is 25.8 Å². The third-order valence-electron chi connectivity index (χ3n) is 3.14. The molecule has 0 saturated carbocycles. The molecule has 8 nitrogen and oxygen atoms in total. The number of nitrogens with one attached hydrogen (secondary N) is 2. The van der Waals surface area contributed by atoms with Crippen molar-refractivity contribution in [2.75, 3.05) is 13.1 Å². The number of hydrogen-bond acceptors (Lipinski definition) is 6. The summed E-state index contributed by atoms with van der Waals surface area (Å²) in [5.41, 5.74) is 1.68. The molecule has 2 aromatic heterocycles. The Morgan fingerprint density at radius 1 is 1.23 bits per heavy atom. The molecule has 0 unspecified atom stereocenters. The van der Waals surface area contributed by atoms with Gasteiger partial charge in [0.1, 0.15) is 5.69 Å². The second-order valence-electron chi connectivity index (χ2n) is 4.84. The monoisotopic (exact) mass is 322 g/mol. The third kappa shape index (κ3) is 3.88. The minimum Gasteiger partial charge on any atom is -0.351 e. The fraction of sp³-hybridized carbons (Fsp3) is 0.462. The smallest absolute Gasteiger partial charge is 0.273 e. The first kappa shape index (κ1) is 16.1. The first-order chi connectivity index (χ1) is 10.5. The Morgan fingerprint density at radius 3 is 2.45 bits per heavy atom. The summed E-state index contributed by atoms with van der Waals surface area (Å²) in [6.45, 7) is 4.60. The lowest BCUT2D eigenvalue weighted by molar-refractivity contribution is 0.0946. The van der Waals surface area contributed by atoms with Gasteiger partial charge in [-0.25, -0.2) is 0 Å². The van der Waals surface area contributed by atoms with E-state index in [1.165, 1.54) is 11.5 Å². The minimum atomic E-state index is -0.238. The topological polar surface area (TPSA) is 102 Å². The van der Waals surface area contributed by atoms with Crippen LogP contribution in [0, 0.1) is 13.8 Å². The molecule has 2 heterocycles. The highest BCUT2D eigenvalue weighted by atomic mass is 32.1. The zero-order valence-corrected chi connectivity index (χ0v) is 13.5. The first-order valence-electron chi connectivity index (χ1n) is 6.85. The molecule has 0 spiro atoms. The van der Waals surface area contributed by atoms with E-state index in [0.29, 0.717) is 30.9 Å².